The van der Waals surface area contributed by atoms with E-state index in [1.807, 2.05) is 36.4 Å². The molecular weight excluding hydrogens is 335 g/mol. The van der Waals surface area contributed by atoms with E-state index in [-0.39, 0.29) is 0 Å². The van der Waals surface area contributed by atoms with Crippen LogP contribution in [0.25, 0.3) is 0 Å². The summed E-state index contributed by atoms with van der Waals surface area (Å²) in [6.07, 6.45) is 14.7. The molecule has 0 aliphatic heterocycles. The fraction of sp³-hybridized carbons (Fsp3) is 0.667. The number of hydrogen-bond donors (Lipinski definition) is 2. The zero-order valence-electron chi connectivity index (χ0n) is 15.4. The second-order valence-electron chi connectivity index (χ2n) is 5.78. The van der Waals surface area contributed by atoms with Crippen molar-refractivity contribution in [3.8, 4) is 0 Å². The first kappa shape index (κ1) is 26.3. The largest absolute Gasteiger partial charge is 0.394 e. The van der Waals surface area contributed by atoms with Gasteiger partial charge < -0.3 is 0 Å². The molecule has 2 N–H and O–H groups in total. The Labute approximate surface area is 166 Å². The minimum Gasteiger partial charge on any atom is -0.264 e. The normalized spacial score (nSPS) is 10.2. The van der Waals surface area contributed by atoms with Gasteiger partial charge in [0, 0.05) is 0 Å². The molecule has 136 valence electrons. The van der Waals surface area contributed by atoms with E-state index in [1.54, 1.807) is 0 Å². The summed E-state index contributed by atoms with van der Waals surface area (Å²) < 4.78 is 33.1. The fourth-order valence-electron chi connectivity index (χ4n) is 2.12. The van der Waals surface area contributed by atoms with Gasteiger partial charge in [-0.25, -0.2) is 0 Å². The summed E-state index contributed by atoms with van der Waals surface area (Å²) in [5, 5.41) is 0. The van der Waals surface area contributed by atoms with Crippen LogP contribution < -0.4 is 0 Å². The van der Waals surface area contributed by atoms with E-state index >= 15 is 0 Å². The smallest absolute Gasteiger partial charge is 0.264 e. The molecule has 0 aliphatic carbocycles. The maximum absolute atomic E-state index is 8.74. The van der Waals surface area contributed by atoms with E-state index in [4.69, 9.17) is 17.5 Å². The molecule has 0 aliphatic rings. The van der Waals surface area contributed by atoms with Gasteiger partial charge in [0.15, 0.2) is 0 Å². The van der Waals surface area contributed by atoms with Crippen LogP contribution in [0.1, 0.15) is 71.1 Å². The minimum atomic E-state index is -4.67. The molecule has 0 fully saturated rings. The molecule has 6 heteroatoms. The maximum Gasteiger partial charge on any atom is 0.394 e. The van der Waals surface area contributed by atoms with Gasteiger partial charge in [0.25, 0.3) is 0 Å². The number of benzene rings is 1. The molecule has 0 atom stereocenters. The van der Waals surface area contributed by atoms with E-state index < -0.39 is 10.4 Å². The quantitative estimate of drug-likeness (QED) is 0.323. The average Bonchev–Trinajstić information content (AvgIpc) is 2.54. The third-order valence-corrected chi connectivity index (χ3v) is 4.08. The van der Waals surface area contributed by atoms with Crippen LogP contribution in [0.15, 0.2) is 36.4 Å². The van der Waals surface area contributed by atoms with Crippen molar-refractivity contribution in [1.29, 1.82) is 0 Å². The molecule has 0 radical (unpaired) electrons. The predicted octanol–water partition coefficient (Wildman–Crippen LogP) is 5.53. The number of hydrogen-bond acceptors (Lipinski definition) is 2. The van der Waals surface area contributed by atoms with E-state index in [9.17, 15) is 0 Å². The molecular formula is C18H33NaO4S. The molecule has 1 rings (SSSR count). The molecule has 0 spiro atoms. The van der Waals surface area contributed by atoms with Crippen LogP contribution in [0.5, 0.6) is 0 Å². The molecule has 1 aromatic carbocycles. The minimum absolute atomic E-state index is 1.38. The van der Waals surface area contributed by atoms with Crippen molar-refractivity contribution < 1.29 is 17.5 Å². The Morgan fingerprint density at radius 1 is 0.667 bits per heavy atom. The van der Waals surface area contributed by atoms with E-state index in [0.29, 0.717) is 0 Å². The second-order valence-corrected chi connectivity index (χ2v) is 7.68. The van der Waals surface area contributed by atoms with Crippen LogP contribution >= 0.6 is 0 Å². The van der Waals surface area contributed by atoms with Gasteiger partial charge in [-0.1, -0.05) is 36.4 Å². The molecule has 1 aromatic rings. The summed E-state index contributed by atoms with van der Waals surface area (Å²) in [6.45, 7) is 2.29. The number of unbranched alkanes of at least 4 members (excludes halogenated alkanes) is 9. The topological polar surface area (TPSA) is 74.6 Å². The van der Waals surface area contributed by atoms with Crippen molar-refractivity contribution in [3.63, 3.8) is 0 Å². The Morgan fingerprint density at radius 3 is 1.17 bits per heavy atom. The van der Waals surface area contributed by atoms with Crippen LogP contribution in [-0.4, -0.2) is 45.5 Å². The van der Waals surface area contributed by atoms with Crippen molar-refractivity contribution in [2.24, 2.45) is 0 Å². The SMILES string of the molecule is CCCCCCCCCCC[CH2][Na].O=S(=O)(O)O.c1ccccc1. The maximum atomic E-state index is 8.74. The Morgan fingerprint density at radius 2 is 0.917 bits per heavy atom. The van der Waals surface area contributed by atoms with Gasteiger partial charge in [-0.2, -0.15) is 8.42 Å². The second kappa shape index (κ2) is 21.1. The molecule has 0 bridgehead atoms. The van der Waals surface area contributed by atoms with Gasteiger partial charge >= 0.3 is 113 Å². The van der Waals surface area contributed by atoms with Crippen molar-refractivity contribution in [3.05, 3.63) is 36.4 Å². The fourth-order valence-corrected chi connectivity index (χ4v) is 2.62. The monoisotopic (exact) mass is 368 g/mol. The summed E-state index contributed by atoms with van der Waals surface area (Å²) in [4.78, 5) is 0. The van der Waals surface area contributed by atoms with Crippen molar-refractivity contribution in [2.45, 2.75) is 74.8 Å². The van der Waals surface area contributed by atoms with Crippen LogP contribution in [0.4, 0.5) is 0 Å². The average molecular weight is 369 g/mol. The molecule has 4 nitrogen and oxygen atoms in total. The summed E-state index contributed by atoms with van der Waals surface area (Å²) in [7, 11) is -4.67. The summed E-state index contributed by atoms with van der Waals surface area (Å²) >= 11 is 1.41. The third kappa shape index (κ3) is 38.0. The Hall–Kier alpha value is 0.0900. The Balaban J connectivity index is 0. The van der Waals surface area contributed by atoms with Gasteiger partial charge in [-0.05, 0) is 0 Å². The third-order valence-electron chi connectivity index (χ3n) is 3.37. The van der Waals surface area contributed by atoms with Crippen LogP contribution in [0.3, 0.4) is 0 Å². The Kier molecular flexibility index (Phi) is 23.2. The van der Waals surface area contributed by atoms with Crippen LogP contribution in [0.2, 0.25) is 3.67 Å². The van der Waals surface area contributed by atoms with Crippen LogP contribution in [-0.2, 0) is 10.4 Å². The zero-order valence-corrected chi connectivity index (χ0v) is 18.2. The van der Waals surface area contributed by atoms with Crippen LogP contribution in [0, 0.1) is 0 Å². The van der Waals surface area contributed by atoms with Gasteiger partial charge in [-0.15, -0.1) is 0 Å². The van der Waals surface area contributed by atoms with Gasteiger partial charge in [-0.3, -0.25) is 9.11 Å². The standard InChI is InChI=1S/C12H25.C6H6.Na.H2O4S/c1-3-5-7-9-11-12-10-8-6-4-2;1-2-4-6-5-3-1;;1-5(2,3)4/h1,3-12H2,2H3;1-6H;;(H2,1,2,3,4). The number of rotatable bonds is 10. The Bertz CT molecular complexity index is 379. The molecule has 0 aromatic heterocycles. The molecule has 24 heavy (non-hydrogen) atoms. The molecule has 0 saturated carbocycles. The van der Waals surface area contributed by atoms with E-state index in [0.717, 1.165) is 0 Å². The first-order chi connectivity index (χ1) is 11.4. The van der Waals surface area contributed by atoms with E-state index in [2.05, 4.69) is 6.92 Å². The summed E-state index contributed by atoms with van der Waals surface area (Å²) in [6, 6.07) is 12.0. The zero-order chi connectivity index (χ0) is 18.5. The van der Waals surface area contributed by atoms with Gasteiger partial charge in [0.05, 0.1) is 0 Å². The van der Waals surface area contributed by atoms with Crippen molar-refractivity contribution in [2.75, 3.05) is 0 Å². The van der Waals surface area contributed by atoms with Gasteiger partial charge in [0.1, 0.15) is 0 Å². The first-order valence-corrected chi connectivity index (χ1v) is 11.9. The molecule has 0 heterocycles. The van der Waals surface area contributed by atoms with Crippen molar-refractivity contribution in [1.82, 2.24) is 0 Å². The van der Waals surface area contributed by atoms with E-state index in [1.165, 1.54) is 95.8 Å². The molecule has 0 unspecified atom stereocenters. The van der Waals surface area contributed by atoms with Crippen molar-refractivity contribution >= 4 is 38.3 Å². The molecule has 0 saturated heterocycles. The summed E-state index contributed by atoms with van der Waals surface area (Å²) in [5.41, 5.74) is 0. The first-order valence-electron chi connectivity index (χ1n) is 9.11. The predicted molar refractivity (Wildman–Crippen MR) is 103 cm³/mol. The van der Waals surface area contributed by atoms with Gasteiger partial charge in [0.2, 0.25) is 0 Å². The molecule has 0 amide bonds. The summed E-state index contributed by atoms with van der Waals surface area (Å²) in [5.74, 6) is 0.